The SMILES string of the molecule is O=[Se](=O)(C1=CC(O)(CCCCO)CCC1)c1ccccc1. The molecule has 0 aliphatic heterocycles. The summed E-state index contributed by atoms with van der Waals surface area (Å²) in [6.07, 6.45) is 5.14. The first-order valence-corrected chi connectivity index (χ1v) is 10.4. The molecule has 1 unspecified atom stereocenters. The Balaban J connectivity index is 2.24. The summed E-state index contributed by atoms with van der Waals surface area (Å²) in [4.78, 5) is 0. The van der Waals surface area contributed by atoms with Crippen molar-refractivity contribution in [2.24, 2.45) is 0 Å². The van der Waals surface area contributed by atoms with E-state index >= 15 is 0 Å². The van der Waals surface area contributed by atoms with Gasteiger partial charge in [-0.25, -0.2) is 0 Å². The van der Waals surface area contributed by atoms with Crippen LogP contribution in [0.25, 0.3) is 0 Å². The van der Waals surface area contributed by atoms with Crippen molar-refractivity contribution < 1.29 is 17.9 Å². The van der Waals surface area contributed by atoms with E-state index in [1.165, 1.54) is 0 Å². The van der Waals surface area contributed by atoms with Crippen LogP contribution in [0, 0.1) is 0 Å². The topological polar surface area (TPSA) is 74.6 Å². The second kappa shape index (κ2) is 6.84. The van der Waals surface area contributed by atoms with Crippen molar-refractivity contribution in [3.8, 4) is 0 Å². The van der Waals surface area contributed by atoms with Crippen molar-refractivity contribution in [2.45, 2.75) is 44.1 Å². The van der Waals surface area contributed by atoms with Gasteiger partial charge in [-0.05, 0) is 0 Å². The number of benzene rings is 1. The van der Waals surface area contributed by atoms with E-state index in [-0.39, 0.29) is 6.61 Å². The van der Waals surface area contributed by atoms with Gasteiger partial charge >= 0.3 is 127 Å². The Morgan fingerprint density at radius 1 is 1.14 bits per heavy atom. The van der Waals surface area contributed by atoms with Gasteiger partial charge in [0.1, 0.15) is 0 Å². The van der Waals surface area contributed by atoms with Crippen LogP contribution in [0.1, 0.15) is 38.5 Å². The van der Waals surface area contributed by atoms with Crippen LogP contribution in [0.2, 0.25) is 0 Å². The fourth-order valence-electron chi connectivity index (χ4n) is 2.72. The number of aliphatic hydroxyl groups is 2. The molecular weight excluding hydrogens is 335 g/mol. The third kappa shape index (κ3) is 4.01. The van der Waals surface area contributed by atoms with E-state index in [9.17, 15) is 12.8 Å². The van der Waals surface area contributed by atoms with Crippen molar-refractivity contribution in [3.63, 3.8) is 0 Å². The van der Waals surface area contributed by atoms with Crippen LogP contribution in [0.3, 0.4) is 0 Å². The molecule has 0 amide bonds. The second-order valence-corrected chi connectivity index (χ2v) is 9.77. The molecule has 0 fully saturated rings. The average molecular weight is 357 g/mol. The van der Waals surface area contributed by atoms with E-state index in [0.717, 1.165) is 0 Å². The molecule has 0 saturated heterocycles. The van der Waals surface area contributed by atoms with Crippen molar-refractivity contribution in [1.29, 1.82) is 0 Å². The molecule has 21 heavy (non-hydrogen) atoms. The quantitative estimate of drug-likeness (QED) is 0.601. The molecule has 0 spiro atoms. The minimum atomic E-state index is -4.37. The second-order valence-electron chi connectivity index (χ2n) is 5.56. The van der Waals surface area contributed by atoms with E-state index in [4.69, 9.17) is 5.11 Å². The minimum absolute atomic E-state index is 0.0968. The molecule has 0 saturated carbocycles. The molecule has 1 aromatic rings. The molecule has 4 nitrogen and oxygen atoms in total. The molecule has 1 aliphatic carbocycles. The molecule has 5 heteroatoms. The van der Waals surface area contributed by atoms with Gasteiger partial charge in [0.25, 0.3) is 0 Å². The number of hydrogen-bond acceptors (Lipinski definition) is 4. The van der Waals surface area contributed by atoms with Crippen molar-refractivity contribution in [2.75, 3.05) is 6.61 Å². The van der Waals surface area contributed by atoms with Gasteiger partial charge in [-0.3, -0.25) is 0 Å². The fourth-order valence-corrected chi connectivity index (χ4v) is 6.08. The Morgan fingerprint density at radius 2 is 1.86 bits per heavy atom. The first-order valence-electron chi connectivity index (χ1n) is 7.33. The van der Waals surface area contributed by atoms with Gasteiger partial charge in [-0.15, -0.1) is 0 Å². The van der Waals surface area contributed by atoms with Crippen LogP contribution in [-0.4, -0.2) is 35.1 Å². The van der Waals surface area contributed by atoms with Gasteiger partial charge in [0, 0.05) is 0 Å². The molecule has 116 valence electrons. The third-order valence-electron chi connectivity index (χ3n) is 3.88. The maximum atomic E-state index is 12.7. The average Bonchev–Trinajstić information content (AvgIpc) is 2.48. The first-order chi connectivity index (χ1) is 9.98. The van der Waals surface area contributed by atoms with Gasteiger partial charge in [0.2, 0.25) is 0 Å². The Bertz CT molecular complexity index is 592. The summed E-state index contributed by atoms with van der Waals surface area (Å²) in [5, 5.41) is 19.4. The summed E-state index contributed by atoms with van der Waals surface area (Å²) in [6, 6.07) is 8.44. The third-order valence-corrected chi connectivity index (χ3v) is 7.88. The van der Waals surface area contributed by atoms with Gasteiger partial charge in [-0.2, -0.15) is 0 Å². The summed E-state index contributed by atoms with van der Waals surface area (Å²) >= 11 is -4.37. The van der Waals surface area contributed by atoms with E-state index in [2.05, 4.69) is 0 Å². The Labute approximate surface area is 127 Å². The van der Waals surface area contributed by atoms with Gasteiger partial charge in [0.15, 0.2) is 0 Å². The van der Waals surface area contributed by atoms with E-state index < -0.39 is 18.3 Å². The number of rotatable bonds is 6. The predicted molar refractivity (Wildman–Crippen MR) is 81.0 cm³/mol. The standard InChI is InChI=1S/C16H22O4Se/c17-12-5-4-10-16(18)11-6-9-15(13-16)21(19,20)14-7-2-1-3-8-14/h1-3,7-8,13,17-18H,4-6,9-12H2. The molecule has 1 aromatic carbocycles. The number of unbranched alkanes of at least 4 members (excludes halogenated alkanes) is 1. The zero-order valence-corrected chi connectivity index (χ0v) is 13.7. The van der Waals surface area contributed by atoms with Crippen LogP contribution < -0.4 is 4.46 Å². The van der Waals surface area contributed by atoms with Crippen molar-refractivity contribution in [1.82, 2.24) is 0 Å². The summed E-state index contributed by atoms with van der Waals surface area (Å²) in [5.74, 6) is 0. The summed E-state index contributed by atoms with van der Waals surface area (Å²) < 4.78 is 26.0. The normalized spacial score (nSPS) is 22.9. The maximum absolute atomic E-state index is 12.7. The number of hydrogen-bond donors (Lipinski definition) is 2. The van der Waals surface area contributed by atoms with Gasteiger partial charge < -0.3 is 0 Å². The number of aliphatic hydroxyl groups excluding tert-OH is 1. The zero-order chi connectivity index (χ0) is 15.3. The van der Waals surface area contributed by atoms with E-state index in [1.807, 2.05) is 0 Å². The van der Waals surface area contributed by atoms with Crippen LogP contribution in [0.4, 0.5) is 0 Å². The van der Waals surface area contributed by atoms with E-state index in [0.29, 0.717) is 47.5 Å². The van der Waals surface area contributed by atoms with Gasteiger partial charge in [0.05, 0.1) is 0 Å². The predicted octanol–water partition coefficient (Wildman–Crippen LogP) is 1.74. The molecule has 0 bridgehead atoms. The molecule has 2 N–H and O–H groups in total. The van der Waals surface area contributed by atoms with Crippen LogP contribution in [0.5, 0.6) is 0 Å². The van der Waals surface area contributed by atoms with Crippen molar-refractivity contribution in [3.05, 3.63) is 40.9 Å². The molecule has 1 aliphatic rings. The first kappa shape index (κ1) is 16.4. The summed E-state index contributed by atoms with van der Waals surface area (Å²) in [5.41, 5.74) is -1.05. The Hall–Kier alpha value is -1.00. The molecular formula is C16H22O4Se. The number of allylic oxidation sites excluding steroid dienone is 1. The van der Waals surface area contributed by atoms with Crippen LogP contribution >= 0.6 is 0 Å². The molecule has 0 heterocycles. The van der Waals surface area contributed by atoms with E-state index in [1.54, 1.807) is 36.4 Å². The van der Waals surface area contributed by atoms with Crippen LogP contribution in [-0.2, 0) is 7.67 Å². The molecule has 1 atom stereocenters. The molecule has 2 rings (SSSR count). The summed E-state index contributed by atoms with van der Waals surface area (Å²) in [6.45, 7) is 0.0968. The van der Waals surface area contributed by atoms with Crippen molar-refractivity contribution >= 4 is 17.2 Å². The monoisotopic (exact) mass is 358 g/mol. The Morgan fingerprint density at radius 3 is 2.52 bits per heavy atom. The van der Waals surface area contributed by atoms with Crippen LogP contribution in [0.15, 0.2) is 40.9 Å². The zero-order valence-electron chi connectivity index (χ0n) is 12.0. The Kier molecular flexibility index (Phi) is 5.33. The van der Waals surface area contributed by atoms with Gasteiger partial charge in [-0.1, -0.05) is 0 Å². The fraction of sp³-hybridized carbons (Fsp3) is 0.500. The summed E-state index contributed by atoms with van der Waals surface area (Å²) in [7, 11) is 0. The molecule has 0 aromatic heterocycles. The molecule has 0 radical (unpaired) electrons.